The third-order valence-electron chi connectivity index (χ3n) is 4.95. The number of oxazole rings is 1. The first-order chi connectivity index (χ1) is 15.9. The number of aromatic nitrogens is 5. The zero-order valence-corrected chi connectivity index (χ0v) is 17.5. The van der Waals surface area contributed by atoms with Crippen molar-refractivity contribution in [2.75, 3.05) is 5.32 Å². The number of hydrogen-bond donors (Lipinski definition) is 1. The Bertz CT molecular complexity index is 1520. The Morgan fingerprint density at radius 3 is 2.58 bits per heavy atom. The Kier molecular flexibility index (Phi) is 4.89. The van der Waals surface area contributed by atoms with Gasteiger partial charge in [-0.2, -0.15) is 4.98 Å². The lowest BCUT2D eigenvalue weighted by Gasteiger charge is -2.06. The predicted molar refractivity (Wildman–Crippen MR) is 116 cm³/mol. The van der Waals surface area contributed by atoms with E-state index in [1.165, 1.54) is 35.0 Å². The van der Waals surface area contributed by atoms with Crippen LogP contribution in [0.4, 0.5) is 14.5 Å². The quantitative estimate of drug-likeness (QED) is 0.434. The van der Waals surface area contributed by atoms with Crippen LogP contribution in [-0.4, -0.2) is 30.5 Å². The van der Waals surface area contributed by atoms with E-state index >= 15 is 0 Å². The van der Waals surface area contributed by atoms with Gasteiger partial charge in [-0.1, -0.05) is 18.2 Å². The van der Waals surface area contributed by atoms with Crippen LogP contribution in [-0.2, 0) is 0 Å². The summed E-state index contributed by atoms with van der Waals surface area (Å²) in [6.07, 6.45) is 3.04. The summed E-state index contributed by atoms with van der Waals surface area (Å²) in [4.78, 5) is 25.0. The van der Waals surface area contributed by atoms with Crippen molar-refractivity contribution in [1.29, 1.82) is 0 Å². The first kappa shape index (κ1) is 20.4. The zero-order valence-electron chi connectivity index (χ0n) is 17.5. The van der Waals surface area contributed by atoms with Gasteiger partial charge >= 0.3 is 0 Å². The summed E-state index contributed by atoms with van der Waals surface area (Å²) in [6.45, 7) is 3.30. The summed E-state index contributed by atoms with van der Waals surface area (Å²) in [7, 11) is 0. The number of carbonyl (C=O) groups excluding carboxylic acids is 1. The largest absolute Gasteiger partial charge is 0.436 e. The van der Waals surface area contributed by atoms with Crippen molar-refractivity contribution in [3.63, 3.8) is 0 Å². The summed E-state index contributed by atoms with van der Waals surface area (Å²) in [6, 6.07) is 10.3. The van der Waals surface area contributed by atoms with E-state index < -0.39 is 17.5 Å². The molecular formula is C23H16F2N6O2. The molecule has 5 rings (SSSR count). The van der Waals surface area contributed by atoms with Crippen molar-refractivity contribution in [2.24, 2.45) is 0 Å². The number of nitrogens with one attached hydrogen (secondary N) is 1. The Balaban J connectivity index is 1.48. The Morgan fingerprint density at radius 2 is 1.82 bits per heavy atom. The molecule has 1 amide bonds. The summed E-state index contributed by atoms with van der Waals surface area (Å²) in [5, 5.41) is 6.96. The third-order valence-corrected chi connectivity index (χ3v) is 4.95. The zero-order chi connectivity index (χ0) is 23.1. The van der Waals surface area contributed by atoms with Crippen LogP contribution in [0.2, 0.25) is 0 Å². The average Bonchev–Trinajstić information content (AvgIpc) is 3.37. The van der Waals surface area contributed by atoms with E-state index in [9.17, 15) is 13.6 Å². The second kappa shape index (κ2) is 7.90. The number of fused-ring (bicyclic) bond motifs is 1. The van der Waals surface area contributed by atoms with Gasteiger partial charge in [0.15, 0.2) is 11.7 Å². The molecule has 33 heavy (non-hydrogen) atoms. The Morgan fingerprint density at radius 1 is 1.03 bits per heavy atom. The van der Waals surface area contributed by atoms with E-state index in [-0.39, 0.29) is 22.9 Å². The summed E-state index contributed by atoms with van der Waals surface area (Å²) < 4.78 is 35.4. The monoisotopic (exact) mass is 446 g/mol. The Labute approximate surface area is 185 Å². The van der Waals surface area contributed by atoms with E-state index in [0.29, 0.717) is 28.4 Å². The Hall–Kier alpha value is -4.47. The SMILES string of the molecule is Cc1nc(C)c(C(=O)Nc2ccc(F)c(-c3nc4ncc(-c5ccccc5F)cn4n3)c2)o1. The molecule has 10 heteroatoms. The van der Waals surface area contributed by atoms with E-state index in [4.69, 9.17) is 4.42 Å². The van der Waals surface area contributed by atoms with Crippen LogP contribution >= 0.6 is 0 Å². The van der Waals surface area contributed by atoms with Crippen molar-refractivity contribution in [1.82, 2.24) is 24.6 Å². The van der Waals surface area contributed by atoms with Gasteiger partial charge in [0.25, 0.3) is 11.7 Å². The van der Waals surface area contributed by atoms with Crippen LogP contribution in [0.25, 0.3) is 28.3 Å². The maximum absolute atomic E-state index is 14.6. The maximum atomic E-state index is 14.6. The minimum Gasteiger partial charge on any atom is -0.436 e. The van der Waals surface area contributed by atoms with Gasteiger partial charge < -0.3 is 9.73 Å². The minimum atomic E-state index is -0.579. The highest BCUT2D eigenvalue weighted by Crippen LogP contribution is 2.26. The molecule has 0 saturated carbocycles. The van der Waals surface area contributed by atoms with Crippen LogP contribution in [0.15, 0.2) is 59.3 Å². The van der Waals surface area contributed by atoms with E-state index in [1.807, 2.05) is 0 Å². The van der Waals surface area contributed by atoms with E-state index in [1.54, 1.807) is 38.2 Å². The normalized spacial score (nSPS) is 11.2. The fourth-order valence-corrected chi connectivity index (χ4v) is 3.43. The second-order valence-electron chi connectivity index (χ2n) is 7.30. The van der Waals surface area contributed by atoms with Crippen LogP contribution in [0, 0.1) is 25.5 Å². The lowest BCUT2D eigenvalue weighted by molar-refractivity contribution is 0.0994. The van der Waals surface area contributed by atoms with Crippen molar-refractivity contribution in [2.45, 2.75) is 13.8 Å². The van der Waals surface area contributed by atoms with Crippen LogP contribution in [0.1, 0.15) is 22.1 Å². The molecule has 0 unspecified atom stereocenters. The number of anilines is 1. The van der Waals surface area contributed by atoms with E-state index in [2.05, 4.69) is 25.4 Å². The minimum absolute atomic E-state index is 0.0634. The first-order valence-corrected chi connectivity index (χ1v) is 9.91. The van der Waals surface area contributed by atoms with Gasteiger partial charge in [0, 0.05) is 36.1 Å². The number of hydrogen-bond acceptors (Lipinski definition) is 6. The molecule has 1 N–H and O–H groups in total. The molecule has 5 aromatic rings. The number of halogens is 2. The highest BCUT2D eigenvalue weighted by molar-refractivity contribution is 6.03. The summed E-state index contributed by atoms with van der Waals surface area (Å²) in [5.74, 6) is -0.761. The molecule has 8 nitrogen and oxygen atoms in total. The summed E-state index contributed by atoms with van der Waals surface area (Å²) >= 11 is 0. The van der Waals surface area contributed by atoms with Crippen LogP contribution in [0.5, 0.6) is 0 Å². The van der Waals surface area contributed by atoms with Gasteiger partial charge in [0.1, 0.15) is 11.6 Å². The van der Waals surface area contributed by atoms with Crippen LogP contribution < -0.4 is 5.32 Å². The number of nitrogens with zero attached hydrogens (tertiary/aromatic N) is 5. The van der Waals surface area contributed by atoms with Crippen molar-refractivity contribution in [3.05, 3.63) is 83.8 Å². The molecule has 0 fully saturated rings. The lowest BCUT2D eigenvalue weighted by Crippen LogP contribution is -2.12. The van der Waals surface area contributed by atoms with Gasteiger partial charge in [-0.05, 0) is 31.2 Å². The standard InChI is InChI=1S/C23H16F2N6O2/c1-12-20(33-13(2)27-12)22(32)28-15-7-8-19(25)17(9-15)21-29-23-26-10-14(11-31(23)30-21)16-5-3-4-6-18(16)24/h3-11H,1-2H3,(H,28,32). The number of amides is 1. The highest BCUT2D eigenvalue weighted by Gasteiger charge is 2.18. The maximum Gasteiger partial charge on any atom is 0.293 e. The third kappa shape index (κ3) is 3.82. The van der Waals surface area contributed by atoms with Gasteiger partial charge in [-0.25, -0.2) is 23.3 Å². The molecule has 0 aliphatic rings. The molecule has 0 bridgehead atoms. The summed E-state index contributed by atoms with van der Waals surface area (Å²) in [5.41, 5.74) is 1.69. The number of benzene rings is 2. The van der Waals surface area contributed by atoms with E-state index in [0.717, 1.165) is 0 Å². The first-order valence-electron chi connectivity index (χ1n) is 9.91. The van der Waals surface area contributed by atoms with Crippen molar-refractivity contribution < 1.29 is 18.0 Å². The molecule has 0 aliphatic heterocycles. The molecule has 0 saturated heterocycles. The topological polar surface area (TPSA) is 98.2 Å². The van der Waals surface area contributed by atoms with Crippen molar-refractivity contribution in [3.8, 4) is 22.5 Å². The molecule has 0 radical (unpaired) electrons. The molecule has 0 atom stereocenters. The molecule has 0 aliphatic carbocycles. The molecular weight excluding hydrogens is 430 g/mol. The number of carbonyl (C=O) groups is 1. The molecule has 0 spiro atoms. The predicted octanol–water partition coefficient (Wildman–Crippen LogP) is 4.59. The van der Waals surface area contributed by atoms with Gasteiger partial charge in [-0.15, -0.1) is 5.10 Å². The fraction of sp³-hybridized carbons (Fsp3) is 0.0870. The number of rotatable bonds is 4. The van der Waals surface area contributed by atoms with Gasteiger partial charge in [0.2, 0.25) is 5.76 Å². The molecule has 3 heterocycles. The highest BCUT2D eigenvalue weighted by atomic mass is 19.1. The second-order valence-corrected chi connectivity index (χ2v) is 7.30. The van der Waals surface area contributed by atoms with Crippen molar-refractivity contribution >= 4 is 17.4 Å². The molecule has 2 aromatic carbocycles. The average molecular weight is 446 g/mol. The smallest absolute Gasteiger partial charge is 0.293 e. The number of aryl methyl sites for hydroxylation is 2. The van der Waals surface area contributed by atoms with Gasteiger partial charge in [0.05, 0.1) is 11.3 Å². The molecule has 164 valence electrons. The molecule has 3 aromatic heterocycles. The van der Waals surface area contributed by atoms with Gasteiger partial charge in [-0.3, -0.25) is 4.79 Å². The van der Waals surface area contributed by atoms with Crippen LogP contribution in [0.3, 0.4) is 0 Å². The lowest BCUT2D eigenvalue weighted by atomic mass is 10.1. The fourth-order valence-electron chi connectivity index (χ4n) is 3.43.